The van der Waals surface area contributed by atoms with E-state index in [0.29, 0.717) is 12.3 Å². The molecule has 1 heterocycles. The summed E-state index contributed by atoms with van der Waals surface area (Å²) in [6.45, 7) is 7.92. The molecule has 0 bridgehead atoms. The monoisotopic (exact) mass is 289 g/mol. The fourth-order valence-electron chi connectivity index (χ4n) is 2.89. The molecular formula is C18H27NO2. The van der Waals surface area contributed by atoms with Crippen LogP contribution in [-0.2, 0) is 9.53 Å². The third-order valence-electron chi connectivity index (χ3n) is 3.82. The van der Waals surface area contributed by atoms with Crippen LogP contribution in [-0.4, -0.2) is 24.7 Å². The minimum absolute atomic E-state index is 0.0701. The van der Waals surface area contributed by atoms with Crippen molar-refractivity contribution in [3.63, 3.8) is 0 Å². The second-order valence-corrected chi connectivity index (χ2v) is 6.91. The lowest BCUT2D eigenvalue weighted by Crippen LogP contribution is -2.35. The molecule has 1 unspecified atom stereocenters. The van der Waals surface area contributed by atoms with Crippen LogP contribution in [0.25, 0.3) is 0 Å². The molecule has 0 spiro atoms. The Morgan fingerprint density at radius 3 is 2.67 bits per heavy atom. The van der Waals surface area contributed by atoms with E-state index in [1.54, 1.807) is 0 Å². The number of carbonyl (C=O) groups excluding carboxylic acids is 1. The number of esters is 1. The van der Waals surface area contributed by atoms with E-state index in [1.807, 2.05) is 26.8 Å². The van der Waals surface area contributed by atoms with E-state index in [-0.39, 0.29) is 11.6 Å². The summed E-state index contributed by atoms with van der Waals surface area (Å²) >= 11 is 0. The van der Waals surface area contributed by atoms with Gasteiger partial charge in [-0.05, 0) is 58.1 Å². The first-order valence-electron chi connectivity index (χ1n) is 7.96. The summed E-state index contributed by atoms with van der Waals surface area (Å²) in [6.07, 6.45) is 3.88. The van der Waals surface area contributed by atoms with Crippen LogP contribution >= 0.6 is 0 Å². The number of anilines is 1. The van der Waals surface area contributed by atoms with Crippen LogP contribution in [0.4, 0.5) is 5.69 Å². The van der Waals surface area contributed by atoms with E-state index in [0.717, 1.165) is 19.5 Å². The van der Waals surface area contributed by atoms with Gasteiger partial charge in [0.05, 0.1) is 0 Å². The highest BCUT2D eigenvalue weighted by molar-refractivity contribution is 5.69. The maximum Gasteiger partial charge on any atom is 0.306 e. The molecule has 1 fully saturated rings. The summed E-state index contributed by atoms with van der Waals surface area (Å²) in [5.41, 5.74) is 0.916. The number of nitrogens with zero attached hydrogens (tertiary/aromatic N) is 1. The maximum absolute atomic E-state index is 11.8. The summed E-state index contributed by atoms with van der Waals surface area (Å²) in [4.78, 5) is 14.3. The average Bonchev–Trinajstić information content (AvgIpc) is 2.45. The van der Waals surface area contributed by atoms with E-state index >= 15 is 0 Å². The number of rotatable bonds is 4. The normalized spacial score (nSPS) is 19.4. The first kappa shape index (κ1) is 15.9. The molecule has 0 aromatic heterocycles. The Labute approximate surface area is 128 Å². The van der Waals surface area contributed by atoms with Gasteiger partial charge in [0.2, 0.25) is 0 Å². The van der Waals surface area contributed by atoms with Crippen molar-refractivity contribution in [1.29, 1.82) is 0 Å². The standard InChI is InChI=1S/C18H27NO2/c1-18(2,3)21-17(20)12-11-15-8-7-13-19(14-15)16-9-5-4-6-10-16/h4-6,9-10,15H,7-8,11-14H2,1-3H3. The lowest BCUT2D eigenvalue weighted by atomic mass is 9.93. The molecule has 0 N–H and O–H groups in total. The van der Waals surface area contributed by atoms with Crippen LogP contribution in [0.15, 0.2) is 30.3 Å². The van der Waals surface area contributed by atoms with Gasteiger partial charge in [-0.2, -0.15) is 0 Å². The van der Waals surface area contributed by atoms with Crippen molar-refractivity contribution in [2.24, 2.45) is 5.92 Å². The third-order valence-corrected chi connectivity index (χ3v) is 3.82. The summed E-state index contributed by atoms with van der Waals surface area (Å²) < 4.78 is 5.39. The first-order chi connectivity index (χ1) is 9.94. The molecular weight excluding hydrogens is 262 g/mol. The summed E-state index contributed by atoms with van der Waals surface area (Å²) in [6, 6.07) is 10.5. The zero-order chi connectivity index (χ0) is 15.3. The molecule has 2 rings (SSSR count). The van der Waals surface area contributed by atoms with Crippen molar-refractivity contribution in [1.82, 2.24) is 0 Å². The van der Waals surface area contributed by atoms with Crippen molar-refractivity contribution in [3.05, 3.63) is 30.3 Å². The Balaban J connectivity index is 1.81. The SMILES string of the molecule is CC(C)(C)OC(=O)CCC1CCCN(c2ccccc2)C1. The minimum Gasteiger partial charge on any atom is -0.460 e. The summed E-state index contributed by atoms with van der Waals surface area (Å²) in [7, 11) is 0. The van der Waals surface area contributed by atoms with Crippen molar-refractivity contribution < 1.29 is 9.53 Å². The molecule has 1 atom stereocenters. The molecule has 3 heteroatoms. The van der Waals surface area contributed by atoms with E-state index in [4.69, 9.17) is 4.74 Å². The molecule has 1 saturated heterocycles. The molecule has 21 heavy (non-hydrogen) atoms. The molecule has 1 aliphatic heterocycles. The quantitative estimate of drug-likeness (QED) is 0.784. The Bertz CT molecular complexity index is 450. The van der Waals surface area contributed by atoms with Gasteiger partial charge in [0, 0.05) is 25.2 Å². The van der Waals surface area contributed by atoms with Crippen LogP contribution in [0, 0.1) is 5.92 Å². The van der Waals surface area contributed by atoms with Gasteiger partial charge in [-0.3, -0.25) is 4.79 Å². The molecule has 116 valence electrons. The maximum atomic E-state index is 11.8. The Hall–Kier alpha value is -1.51. The molecule has 0 radical (unpaired) electrons. The number of hydrogen-bond acceptors (Lipinski definition) is 3. The summed E-state index contributed by atoms with van der Waals surface area (Å²) in [5.74, 6) is 0.519. The number of hydrogen-bond donors (Lipinski definition) is 0. The number of carbonyl (C=O) groups is 1. The lowest BCUT2D eigenvalue weighted by Gasteiger charge is -2.34. The van der Waals surface area contributed by atoms with Crippen molar-refractivity contribution in [3.8, 4) is 0 Å². The van der Waals surface area contributed by atoms with E-state index in [9.17, 15) is 4.79 Å². The predicted molar refractivity (Wildman–Crippen MR) is 86.5 cm³/mol. The lowest BCUT2D eigenvalue weighted by molar-refractivity contribution is -0.155. The van der Waals surface area contributed by atoms with Crippen LogP contribution in [0.5, 0.6) is 0 Å². The van der Waals surface area contributed by atoms with Gasteiger partial charge < -0.3 is 9.64 Å². The van der Waals surface area contributed by atoms with Gasteiger partial charge in [-0.1, -0.05) is 18.2 Å². The second kappa shape index (κ2) is 6.97. The molecule has 1 aromatic rings. The predicted octanol–water partition coefficient (Wildman–Crippen LogP) is 4.02. The van der Waals surface area contributed by atoms with Gasteiger partial charge >= 0.3 is 5.97 Å². The third kappa shape index (κ3) is 5.41. The van der Waals surface area contributed by atoms with E-state index in [1.165, 1.54) is 18.5 Å². The molecule has 3 nitrogen and oxygen atoms in total. The summed E-state index contributed by atoms with van der Waals surface area (Å²) in [5, 5.41) is 0. The first-order valence-corrected chi connectivity index (χ1v) is 7.96. The van der Waals surface area contributed by atoms with Crippen LogP contribution < -0.4 is 4.90 Å². The second-order valence-electron chi connectivity index (χ2n) is 6.91. The van der Waals surface area contributed by atoms with Gasteiger partial charge in [0.25, 0.3) is 0 Å². The Kier molecular flexibility index (Phi) is 5.27. The fourth-order valence-corrected chi connectivity index (χ4v) is 2.89. The van der Waals surface area contributed by atoms with Gasteiger partial charge in [0.1, 0.15) is 5.60 Å². The number of benzene rings is 1. The van der Waals surface area contributed by atoms with Gasteiger partial charge in [-0.25, -0.2) is 0 Å². The highest BCUT2D eigenvalue weighted by Gasteiger charge is 2.22. The highest BCUT2D eigenvalue weighted by atomic mass is 16.6. The van der Waals surface area contributed by atoms with Crippen LogP contribution in [0.3, 0.4) is 0 Å². The van der Waals surface area contributed by atoms with Crippen LogP contribution in [0.1, 0.15) is 46.5 Å². The van der Waals surface area contributed by atoms with E-state index < -0.39 is 0 Å². The number of ether oxygens (including phenoxy) is 1. The average molecular weight is 289 g/mol. The molecule has 1 aromatic carbocycles. The van der Waals surface area contributed by atoms with Crippen molar-refractivity contribution in [2.75, 3.05) is 18.0 Å². The largest absolute Gasteiger partial charge is 0.460 e. The van der Waals surface area contributed by atoms with Crippen molar-refractivity contribution in [2.45, 2.75) is 52.1 Å². The topological polar surface area (TPSA) is 29.5 Å². The highest BCUT2D eigenvalue weighted by Crippen LogP contribution is 2.26. The molecule has 1 aliphatic rings. The molecule has 0 saturated carbocycles. The van der Waals surface area contributed by atoms with Gasteiger partial charge in [-0.15, -0.1) is 0 Å². The smallest absolute Gasteiger partial charge is 0.306 e. The van der Waals surface area contributed by atoms with Gasteiger partial charge in [0.15, 0.2) is 0 Å². The Morgan fingerprint density at radius 1 is 1.29 bits per heavy atom. The zero-order valence-electron chi connectivity index (χ0n) is 13.5. The fraction of sp³-hybridized carbons (Fsp3) is 0.611. The molecule has 0 aliphatic carbocycles. The number of para-hydroxylation sites is 1. The Morgan fingerprint density at radius 2 is 2.00 bits per heavy atom. The van der Waals surface area contributed by atoms with E-state index in [2.05, 4.69) is 29.2 Å². The zero-order valence-corrected chi connectivity index (χ0v) is 13.5. The van der Waals surface area contributed by atoms with Crippen LogP contribution in [0.2, 0.25) is 0 Å². The van der Waals surface area contributed by atoms with Crippen molar-refractivity contribution >= 4 is 11.7 Å². The number of piperidine rings is 1. The minimum atomic E-state index is -0.375. The molecule has 0 amide bonds.